The molecular weight excluding hydrogens is 212 g/mol. The van der Waals surface area contributed by atoms with E-state index in [1.165, 1.54) is 0 Å². The van der Waals surface area contributed by atoms with Crippen LogP contribution in [0.5, 0.6) is 5.75 Å². The minimum absolute atomic E-state index is 0.246. The molecule has 0 spiro atoms. The molecule has 1 N–H and O–H groups in total. The van der Waals surface area contributed by atoms with E-state index >= 15 is 0 Å². The van der Waals surface area contributed by atoms with Gasteiger partial charge in [-0.2, -0.15) is 0 Å². The number of hydrogen-bond donors (Lipinski definition) is 1. The Morgan fingerprint density at radius 2 is 2.33 bits per heavy atom. The minimum Gasteiger partial charge on any atom is -0.495 e. The highest BCUT2D eigenvalue weighted by molar-refractivity contribution is 6.20. The van der Waals surface area contributed by atoms with Crippen LogP contribution in [0.2, 0.25) is 0 Å². The lowest BCUT2D eigenvalue weighted by atomic mass is 10.2. The number of nitrogens with zero attached hydrogens (tertiary/aromatic N) is 1. The molecule has 0 aliphatic heterocycles. The van der Waals surface area contributed by atoms with Crippen molar-refractivity contribution in [2.24, 2.45) is 0 Å². The first-order valence-corrected chi connectivity index (χ1v) is 5.58. The van der Waals surface area contributed by atoms with Gasteiger partial charge in [-0.15, -0.1) is 11.6 Å². The summed E-state index contributed by atoms with van der Waals surface area (Å²) in [4.78, 5) is 4.19. The maximum Gasteiger partial charge on any atom is 0.137 e. The Hall–Kier alpha value is -0.960. The molecule has 3 nitrogen and oxygen atoms in total. The van der Waals surface area contributed by atoms with Crippen LogP contribution in [0, 0.1) is 0 Å². The molecule has 1 aromatic heterocycles. The molecule has 0 aliphatic rings. The Bertz CT molecular complexity index is 276. The summed E-state index contributed by atoms with van der Waals surface area (Å²) in [5.41, 5.74) is 0. The van der Waals surface area contributed by atoms with Crippen molar-refractivity contribution in [3.05, 3.63) is 18.3 Å². The number of nitrogens with one attached hydrogen (secondary N) is 1. The van der Waals surface area contributed by atoms with Crippen LogP contribution in [0.4, 0.5) is 5.82 Å². The molecule has 0 saturated carbocycles. The molecule has 1 atom stereocenters. The Morgan fingerprint density at radius 1 is 1.53 bits per heavy atom. The molecule has 15 heavy (non-hydrogen) atoms. The fourth-order valence-corrected chi connectivity index (χ4v) is 1.28. The van der Waals surface area contributed by atoms with Gasteiger partial charge in [0.15, 0.2) is 0 Å². The van der Waals surface area contributed by atoms with Crippen molar-refractivity contribution in [2.75, 3.05) is 19.0 Å². The van der Waals surface area contributed by atoms with Crippen LogP contribution >= 0.6 is 11.6 Å². The smallest absolute Gasteiger partial charge is 0.137 e. The van der Waals surface area contributed by atoms with E-state index in [2.05, 4.69) is 17.2 Å². The largest absolute Gasteiger partial charge is 0.495 e. The predicted octanol–water partition coefficient (Wildman–Crippen LogP) is 2.91. The summed E-state index contributed by atoms with van der Waals surface area (Å²) >= 11 is 6.00. The van der Waals surface area contributed by atoms with Crippen molar-refractivity contribution in [1.82, 2.24) is 4.98 Å². The molecule has 4 heteroatoms. The quantitative estimate of drug-likeness (QED) is 0.761. The third kappa shape index (κ3) is 4.38. The maximum atomic E-state index is 6.00. The van der Waals surface area contributed by atoms with Crippen LogP contribution in [-0.4, -0.2) is 24.0 Å². The summed E-state index contributed by atoms with van der Waals surface area (Å²) in [5.74, 6) is 1.63. The van der Waals surface area contributed by atoms with Gasteiger partial charge in [0.25, 0.3) is 0 Å². The standard InChI is InChI=1S/C11H17ClN2O/c1-3-9(12)6-7-13-11-5-4-10(15-2)8-14-11/h4-5,8-9H,3,6-7H2,1-2H3,(H,13,14). The molecule has 1 rings (SSSR count). The monoisotopic (exact) mass is 228 g/mol. The van der Waals surface area contributed by atoms with E-state index in [0.717, 1.165) is 31.0 Å². The number of hydrogen-bond acceptors (Lipinski definition) is 3. The molecular formula is C11H17ClN2O. The number of halogens is 1. The van der Waals surface area contributed by atoms with Gasteiger partial charge < -0.3 is 10.1 Å². The molecule has 0 fully saturated rings. The Labute approximate surface area is 95.8 Å². The van der Waals surface area contributed by atoms with Gasteiger partial charge in [-0.3, -0.25) is 0 Å². The fraction of sp³-hybridized carbons (Fsp3) is 0.545. The van der Waals surface area contributed by atoms with Crippen LogP contribution in [0.3, 0.4) is 0 Å². The average molecular weight is 229 g/mol. The number of methoxy groups -OCH3 is 1. The zero-order chi connectivity index (χ0) is 11.1. The molecule has 84 valence electrons. The lowest BCUT2D eigenvalue weighted by Crippen LogP contribution is -2.08. The molecule has 0 radical (unpaired) electrons. The first kappa shape index (κ1) is 12.1. The molecule has 1 unspecified atom stereocenters. The van der Waals surface area contributed by atoms with Gasteiger partial charge in [-0.25, -0.2) is 4.98 Å². The van der Waals surface area contributed by atoms with Crippen LogP contribution in [-0.2, 0) is 0 Å². The zero-order valence-corrected chi connectivity index (χ0v) is 9.92. The lowest BCUT2D eigenvalue weighted by Gasteiger charge is -2.08. The van der Waals surface area contributed by atoms with Gasteiger partial charge in [0.2, 0.25) is 0 Å². The van der Waals surface area contributed by atoms with Gasteiger partial charge in [-0.1, -0.05) is 6.92 Å². The number of rotatable bonds is 6. The van der Waals surface area contributed by atoms with E-state index in [1.807, 2.05) is 12.1 Å². The molecule has 0 aliphatic carbocycles. The topological polar surface area (TPSA) is 34.1 Å². The van der Waals surface area contributed by atoms with E-state index in [0.29, 0.717) is 0 Å². The zero-order valence-electron chi connectivity index (χ0n) is 9.16. The Kier molecular flexibility index (Phi) is 5.26. The Morgan fingerprint density at radius 3 is 2.87 bits per heavy atom. The first-order valence-electron chi connectivity index (χ1n) is 5.14. The van der Waals surface area contributed by atoms with E-state index in [-0.39, 0.29) is 5.38 Å². The molecule has 1 heterocycles. The summed E-state index contributed by atoms with van der Waals surface area (Å²) in [6.45, 7) is 2.94. The van der Waals surface area contributed by atoms with Gasteiger partial charge in [0.1, 0.15) is 11.6 Å². The van der Waals surface area contributed by atoms with Crippen LogP contribution in [0.25, 0.3) is 0 Å². The van der Waals surface area contributed by atoms with E-state index in [9.17, 15) is 0 Å². The van der Waals surface area contributed by atoms with Crippen molar-refractivity contribution in [2.45, 2.75) is 25.1 Å². The molecule has 0 saturated heterocycles. The van der Waals surface area contributed by atoms with Crippen molar-refractivity contribution < 1.29 is 4.74 Å². The molecule has 0 bridgehead atoms. The van der Waals surface area contributed by atoms with E-state index in [4.69, 9.17) is 16.3 Å². The summed E-state index contributed by atoms with van der Waals surface area (Å²) in [6, 6.07) is 3.78. The number of ether oxygens (including phenoxy) is 1. The highest BCUT2D eigenvalue weighted by Crippen LogP contribution is 2.12. The summed E-state index contributed by atoms with van der Waals surface area (Å²) in [5, 5.41) is 3.46. The second-order valence-corrected chi connectivity index (χ2v) is 3.92. The van der Waals surface area contributed by atoms with Crippen LogP contribution in [0.15, 0.2) is 18.3 Å². The molecule has 0 amide bonds. The third-order valence-electron chi connectivity index (χ3n) is 2.18. The lowest BCUT2D eigenvalue weighted by molar-refractivity contribution is 0.413. The van der Waals surface area contributed by atoms with Crippen molar-refractivity contribution in [1.29, 1.82) is 0 Å². The molecule has 1 aromatic rings. The number of pyridine rings is 1. The van der Waals surface area contributed by atoms with Crippen LogP contribution in [0.1, 0.15) is 19.8 Å². The second-order valence-electron chi connectivity index (χ2n) is 3.30. The summed E-state index contributed by atoms with van der Waals surface area (Å²) in [7, 11) is 1.63. The Balaban J connectivity index is 2.31. The first-order chi connectivity index (χ1) is 7.26. The number of aromatic nitrogens is 1. The van der Waals surface area contributed by atoms with Gasteiger partial charge in [0, 0.05) is 11.9 Å². The number of anilines is 1. The average Bonchev–Trinajstić information content (AvgIpc) is 2.29. The fourth-order valence-electron chi connectivity index (χ4n) is 1.17. The highest BCUT2D eigenvalue weighted by atomic mass is 35.5. The summed E-state index contributed by atoms with van der Waals surface area (Å²) in [6.07, 6.45) is 3.64. The van der Waals surface area contributed by atoms with Gasteiger partial charge in [0.05, 0.1) is 13.3 Å². The van der Waals surface area contributed by atoms with E-state index in [1.54, 1.807) is 13.3 Å². The van der Waals surface area contributed by atoms with Crippen molar-refractivity contribution >= 4 is 17.4 Å². The normalized spacial score (nSPS) is 12.2. The maximum absolute atomic E-state index is 6.00. The second kappa shape index (κ2) is 6.51. The summed E-state index contributed by atoms with van der Waals surface area (Å²) < 4.78 is 5.02. The SMILES string of the molecule is CCC(Cl)CCNc1ccc(OC)cn1. The number of alkyl halides is 1. The van der Waals surface area contributed by atoms with Gasteiger partial charge >= 0.3 is 0 Å². The third-order valence-corrected chi connectivity index (χ3v) is 2.71. The van der Waals surface area contributed by atoms with Crippen molar-refractivity contribution in [3.63, 3.8) is 0 Å². The highest BCUT2D eigenvalue weighted by Gasteiger charge is 2.00. The van der Waals surface area contributed by atoms with Crippen LogP contribution < -0.4 is 10.1 Å². The molecule has 0 aromatic carbocycles. The van der Waals surface area contributed by atoms with E-state index < -0.39 is 0 Å². The predicted molar refractivity (Wildman–Crippen MR) is 63.8 cm³/mol. The van der Waals surface area contributed by atoms with Gasteiger partial charge in [-0.05, 0) is 25.0 Å². The minimum atomic E-state index is 0.246. The van der Waals surface area contributed by atoms with Crippen molar-refractivity contribution in [3.8, 4) is 5.75 Å².